The molecule has 0 radical (unpaired) electrons. The van der Waals surface area contributed by atoms with Gasteiger partial charge in [-0.25, -0.2) is 8.42 Å². The maximum atomic E-state index is 13.2. The summed E-state index contributed by atoms with van der Waals surface area (Å²) in [7, 11) is -2.37. The molecule has 3 rings (SSSR count). The lowest BCUT2D eigenvalue weighted by Crippen LogP contribution is -2.52. The number of ether oxygens (including phenoxy) is 2. The number of hydrogen-bond donors (Lipinski definition) is 1. The van der Waals surface area contributed by atoms with E-state index in [1.807, 2.05) is 18.2 Å². The summed E-state index contributed by atoms with van der Waals surface area (Å²) in [5, 5.41) is 3.33. The third-order valence-corrected chi connectivity index (χ3v) is 7.37. The molecule has 0 bridgehead atoms. The average molecular weight is 481 g/mol. The second-order valence-electron chi connectivity index (χ2n) is 8.03. The molecule has 0 aromatic heterocycles. The Labute approximate surface area is 194 Å². The number of halogens is 1. The number of carbonyl (C=O) groups excluding carboxylic acids is 1. The van der Waals surface area contributed by atoms with Gasteiger partial charge in [-0.05, 0) is 43.5 Å². The molecular formula is C23H29ClN2O5S. The third kappa shape index (κ3) is 5.36. The Kier molecular flexibility index (Phi) is 7.69. The SMILES string of the molecule is COc1ccc(Cl)cc1N([C@@H](C)C(=O)NCC1(c2ccccc2)CCOCC1)S(C)(=O)=O. The number of rotatable bonds is 8. The van der Waals surface area contributed by atoms with Crippen LogP contribution in [0.3, 0.4) is 0 Å². The smallest absolute Gasteiger partial charge is 0.243 e. The molecule has 1 aliphatic rings. The van der Waals surface area contributed by atoms with Gasteiger partial charge in [-0.2, -0.15) is 0 Å². The van der Waals surface area contributed by atoms with E-state index in [9.17, 15) is 13.2 Å². The maximum Gasteiger partial charge on any atom is 0.243 e. The molecule has 1 amide bonds. The fourth-order valence-corrected chi connectivity index (χ4v) is 5.48. The van der Waals surface area contributed by atoms with Gasteiger partial charge >= 0.3 is 0 Å². The third-order valence-electron chi connectivity index (χ3n) is 5.90. The van der Waals surface area contributed by atoms with Gasteiger partial charge in [-0.3, -0.25) is 9.10 Å². The monoisotopic (exact) mass is 480 g/mol. The van der Waals surface area contributed by atoms with Gasteiger partial charge in [0.15, 0.2) is 0 Å². The Balaban J connectivity index is 1.86. The van der Waals surface area contributed by atoms with Crippen LogP contribution in [0.5, 0.6) is 5.75 Å². The Morgan fingerprint density at radius 2 is 1.88 bits per heavy atom. The van der Waals surface area contributed by atoms with Gasteiger partial charge < -0.3 is 14.8 Å². The summed E-state index contributed by atoms with van der Waals surface area (Å²) >= 11 is 6.11. The standard InChI is InChI=1S/C23H29ClN2O5S/c1-17(26(32(3,28)29)20-15-19(24)9-10-21(20)30-2)22(27)25-16-23(11-13-31-14-12-23)18-7-5-4-6-8-18/h4-10,15,17H,11-14,16H2,1-3H3,(H,25,27)/t17-/m0/s1. The number of amides is 1. The topological polar surface area (TPSA) is 84.9 Å². The van der Waals surface area contributed by atoms with Gasteiger partial charge in [0.2, 0.25) is 15.9 Å². The molecule has 2 aromatic rings. The summed E-state index contributed by atoms with van der Waals surface area (Å²) in [4.78, 5) is 13.2. The molecule has 174 valence electrons. The Morgan fingerprint density at radius 3 is 2.47 bits per heavy atom. The van der Waals surface area contributed by atoms with Crippen molar-refractivity contribution < 1.29 is 22.7 Å². The van der Waals surface area contributed by atoms with Crippen LogP contribution in [0.1, 0.15) is 25.3 Å². The van der Waals surface area contributed by atoms with E-state index in [1.54, 1.807) is 19.1 Å². The van der Waals surface area contributed by atoms with Gasteiger partial charge in [-0.15, -0.1) is 0 Å². The molecule has 1 heterocycles. The highest BCUT2D eigenvalue weighted by atomic mass is 35.5. The molecule has 0 aliphatic carbocycles. The molecule has 2 aromatic carbocycles. The van der Waals surface area contributed by atoms with Crippen LogP contribution >= 0.6 is 11.6 Å². The lowest BCUT2D eigenvalue weighted by atomic mass is 9.74. The summed E-state index contributed by atoms with van der Waals surface area (Å²) < 4.78 is 37.3. The van der Waals surface area contributed by atoms with Crippen molar-refractivity contribution in [2.75, 3.05) is 37.4 Å². The molecule has 0 unspecified atom stereocenters. The number of anilines is 1. The van der Waals surface area contributed by atoms with Crippen LogP contribution < -0.4 is 14.4 Å². The number of nitrogens with zero attached hydrogens (tertiary/aromatic N) is 1. The van der Waals surface area contributed by atoms with E-state index < -0.39 is 22.0 Å². The zero-order chi connectivity index (χ0) is 23.4. The first kappa shape index (κ1) is 24.4. The minimum absolute atomic E-state index is 0.217. The number of methoxy groups -OCH3 is 1. The van der Waals surface area contributed by atoms with Crippen LogP contribution in [0.15, 0.2) is 48.5 Å². The second kappa shape index (κ2) is 10.1. The van der Waals surface area contributed by atoms with Crippen molar-refractivity contribution in [3.8, 4) is 5.75 Å². The fourth-order valence-electron chi connectivity index (χ4n) is 4.14. The van der Waals surface area contributed by atoms with Gasteiger partial charge in [-0.1, -0.05) is 41.9 Å². The first-order valence-electron chi connectivity index (χ1n) is 10.4. The van der Waals surface area contributed by atoms with E-state index >= 15 is 0 Å². The molecule has 1 N–H and O–H groups in total. The number of sulfonamides is 1. The van der Waals surface area contributed by atoms with Crippen molar-refractivity contribution in [3.05, 3.63) is 59.1 Å². The quantitative estimate of drug-likeness (QED) is 0.626. The highest BCUT2D eigenvalue weighted by molar-refractivity contribution is 7.92. The normalized spacial score (nSPS) is 16.8. The summed E-state index contributed by atoms with van der Waals surface area (Å²) in [5.74, 6) is -0.0936. The van der Waals surface area contributed by atoms with Gasteiger partial charge in [0.25, 0.3) is 0 Å². The summed E-state index contributed by atoms with van der Waals surface area (Å²) in [6.07, 6.45) is 2.59. The summed E-state index contributed by atoms with van der Waals surface area (Å²) in [5.41, 5.74) is 1.08. The average Bonchev–Trinajstić information content (AvgIpc) is 2.78. The van der Waals surface area contributed by atoms with Crippen molar-refractivity contribution in [1.29, 1.82) is 0 Å². The number of nitrogens with one attached hydrogen (secondary N) is 1. The maximum absolute atomic E-state index is 13.2. The fraction of sp³-hybridized carbons (Fsp3) is 0.435. The van der Waals surface area contributed by atoms with E-state index in [0.29, 0.717) is 30.5 Å². The van der Waals surface area contributed by atoms with Gasteiger partial charge in [0.1, 0.15) is 11.8 Å². The largest absolute Gasteiger partial charge is 0.495 e. The van der Waals surface area contributed by atoms with E-state index in [4.69, 9.17) is 21.1 Å². The molecule has 1 saturated heterocycles. The van der Waals surface area contributed by atoms with Crippen molar-refractivity contribution >= 4 is 33.2 Å². The van der Waals surface area contributed by atoms with E-state index in [-0.39, 0.29) is 11.1 Å². The zero-order valence-corrected chi connectivity index (χ0v) is 20.1. The molecular weight excluding hydrogens is 452 g/mol. The molecule has 7 nitrogen and oxygen atoms in total. The highest BCUT2D eigenvalue weighted by Gasteiger charge is 2.37. The molecule has 0 spiro atoms. The van der Waals surface area contributed by atoms with Crippen LogP contribution in [0.25, 0.3) is 0 Å². The van der Waals surface area contributed by atoms with Crippen LogP contribution in [0.4, 0.5) is 5.69 Å². The van der Waals surface area contributed by atoms with E-state index in [2.05, 4.69) is 17.4 Å². The Morgan fingerprint density at radius 1 is 1.22 bits per heavy atom. The summed E-state index contributed by atoms with van der Waals surface area (Å²) in [6.45, 7) is 3.15. The van der Waals surface area contributed by atoms with Gasteiger partial charge in [0, 0.05) is 30.2 Å². The predicted molar refractivity (Wildman–Crippen MR) is 126 cm³/mol. The van der Waals surface area contributed by atoms with Crippen molar-refractivity contribution in [2.45, 2.75) is 31.2 Å². The second-order valence-corrected chi connectivity index (χ2v) is 10.3. The molecule has 1 fully saturated rings. The van der Waals surface area contributed by atoms with Crippen molar-refractivity contribution in [1.82, 2.24) is 5.32 Å². The molecule has 1 atom stereocenters. The van der Waals surface area contributed by atoms with Crippen LogP contribution in [0, 0.1) is 0 Å². The van der Waals surface area contributed by atoms with Crippen LogP contribution in [-0.2, 0) is 25.0 Å². The van der Waals surface area contributed by atoms with Crippen LogP contribution in [-0.4, -0.2) is 53.5 Å². The van der Waals surface area contributed by atoms with E-state index in [0.717, 1.165) is 29.0 Å². The number of benzene rings is 2. The van der Waals surface area contributed by atoms with Gasteiger partial charge in [0.05, 0.1) is 19.1 Å². The van der Waals surface area contributed by atoms with E-state index in [1.165, 1.54) is 13.2 Å². The number of hydrogen-bond acceptors (Lipinski definition) is 5. The highest BCUT2D eigenvalue weighted by Crippen LogP contribution is 2.36. The Hall–Kier alpha value is -2.29. The first-order chi connectivity index (χ1) is 15.2. The summed E-state index contributed by atoms with van der Waals surface area (Å²) in [6, 6.07) is 13.7. The molecule has 1 aliphatic heterocycles. The molecule has 32 heavy (non-hydrogen) atoms. The Bertz CT molecular complexity index is 1040. The minimum atomic E-state index is -3.81. The van der Waals surface area contributed by atoms with Crippen molar-refractivity contribution in [2.24, 2.45) is 0 Å². The lowest BCUT2D eigenvalue weighted by Gasteiger charge is -2.38. The number of carbonyl (C=O) groups is 1. The van der Waals surface area contributed by atoms with Crippen LogP contribution in [0.2, 0.25) is 5.02 Å². The molecule has 0 saturated carbocycles. The predicted octanol–water partition coefficient (Wildman–Crippen LogP) is 3.37. The minimum Gasteiger partial charge on any atom is -0.495 e. The molecule has 9 heteroatoms. The first-order valence-corrected chi connectivity index (χ1v) is 12.6. The zero-order valence-electron chi connectivity index (χ0n) is 18.5. The van der Waals surface area contributed by atoms with Crippen molar-refractivity contribution in [3.63, 3.8) is 0 Å². The lowest BCUT2D eigenvalue weighted by molar-refractivity contribution is -0.122.